The quantitative estimate of drug-likeness (QED) is 0.877. The predicted molar refractivity (Wildman–Crippen MR) is 80.2 cm³/mol. The number of aromatic nitrogens is 2. The summed E-state index contributed by atoms with van der Waals surface area (Å²) in [4.78, 5) is 4.04. The molecule has 100 valence electrons. The van der Waals surface area contributed by atoms with Crippen LogP contribution in [0.25, 0.3) is 11.1 Å². The number of nitrogen functional groups attached to an aromatic ring is 1. The monoisotopic (exact) mass is 274 g/mol. The fraction of sp³-hybridized carbons (Fsp3) is 0.429. The number of pyridine rings is 1. The number of nitrogens with zero attached hydrogens (tertiary/aromatic N) is 2. The lowest BCUT2D eigenvalue weighted by Crippen LogP contribution is -2.14. The van der Waals surface area contributed by atoms with Crippen molar-refractivity contribution in [3.05, 3.63) is 24.5 Å². The van der Waals surface area contributed by atoms with Crippen LogP contribution in [-0.2, 0) is 0 Å². The number of rotatable bonds is 5. The van der Waals surface area contributed by atoms with E-state index in [9.17, 15) is 0 Å². The Bertz CT molecular complexity index is 560. The van der Waals surface area contributed by atoms with Gasteiger partial charge in [0.15, 0.2) is 0 Å². The molecule has 1 fully saturated rings. The molecule has 0 aromatic carbocycles. The van der Waals surface area contributed by atoms with Crippen LogP contribution < -0.4 is 11.1 Å². The Kier molecular flexibility index (Phi) is 3.14. The third kappa shape index (κ3) is 2.42. The largest absolute Gasteiger partial charge is 0.382 e. The number of anilines is 2. The normalized spacial score (nSPS) is 16.3. The van der Waals surface area contributed by atoms with Gasteiger partial charge in [0.1, 0.15) is 10.8 Å². The van der Waals surface area contributed by atoms with Crippen LogP contribution in [0.1, 0.15) is 26.2 Å². The van der Waals surface area contributed by atoms with Crippen LogP contribution in [-0.4, -0.2) is 15.9 Å². The zero-order valence-electron chi connectivity index (χ0n) is 11.0. The summed E-state index contributed by atoms with van der Waals surface area (Å²) < 4.78 is 4.28. The number of hydrogen-bond acceptors (Lipinski definition) is 5. The molecule has 1 aliphatic rings. The Morgan fingerprint density at radius 1 is 1.37 bits per heavy atom. The average Bonchev–Trinajstić information content (AvgIpc) is 3.15. The lowest BCUT2D eigenvalue weighted by atomic mass is 10.0. The molecule has 1 saturated carbocycles. The first-order valence-electron chi connectivity index (χ1n) is 6.63. The summed E-state index contributed by atoms with van der Waals surface area (Å²) in [5, 5.41) is 4.61. The topological polar surface area (TPSA) is 63.8 Å². The van der Waals surface area contributed by atoms with E-state index in [4.69, 9.17) is 5.73 Å². The molecule has 2 aromatic rings. The first kappa shape index (κ1) is 12.4. The van der Waals surface area contributed by atoms with Crippen LogP contribution >= 0.6 is 11.5 Å². The van der Waals surface area contributed by atoms with E-state index in [1.54, 1.807) is 12.4 Å². The highest BCUT2D eigenvalue weighted by Crippen LogP contribution is 2.49. The summed E-state index contributed by atoms with van der Waals surface area (Å²) in [7, 11) is 0. The van der Waals surface area contributed by atoms with E-state index >= 15 is 0 Å². The second kappa shape index (κ2) is 4.81. The standard InChI is InChI=1S/C14H18N4S/c1-2-14(5-6-14)9-17-13-11(12(15)18-19-13)10-3-7-16-8-4-10/h3-4,7-8,17H,2,5-6,9H2,1H3,(H2,15,18). The smallest absolute Gasteiger partial charge is 0.147 e. The van der Waals surface area contributed by atoms with Crippen LogP contribution in [0, 0.1) is 5.41 Å². The van der Waals surface area contributed by atoms with Crippen molar-refractivity contribution in [2.24, 2.45) is 5.41 Å². The van der Waals surface area contributed by atoms with Gasteiger partial charge in [-0.3, -0.25) is 4.98 Å². The van der Waals surface area contributed by atoms with Crippen molar-refractivity contribution >= 4 is 22.4 Å². The molecule has 1 aliphatic carbocycles. The highest BCUT2D eigenvalue weighted by atomic mass is 32.1. The fourth-order valence-corrected chi connectivity index (χ4v) is 3.05. The van der Waals surface area contributed by atoms with E-state index in [1.807, 2.05) is 12.1 Å². The highest BCUT2D eigenvalue weighted by Gasteiger charge is 2.40. The first-order chi connectivity index (χ1) is 9.24. The molecule has 0 unspecified atom stereocenters. The summed E-state index contributed by atoms with van der Waals surface area (Å²) in [5.74, 6) is 0.597. The maximum Gasteiger partial charge on any atom is 0.147 e. The molecule has 2 heterocycles. The summed E-state index contributed by atoms with van der Waals surface area (Å²) in [6, 6.07) is 3.94. The first-order valence-corrected chi connectivity index (χ1v) is 7.41. The van der Waals surface area contributed by atoms with Crippen molar-refractivity contribution in [3.63, 3.8) is 0 Å². The molecule has 0 spiro atoms. The number of nitrogens with two attached hydrogens (primary N) is 1. The second-order valence-electron chi connectivity index (χ2n) is 5.21. The molecule has 0 saturated heterocycles. The Hall–Kier alpha value is -1.62. The maximum absolute atomic E-state index is 6.00. The Balaban J connectivity index is 1.83. The molecule has 0 atom stereocenters. The van der Waals surface area contributed by atoms with E-state index in [0.29, 0.717) is 11.2 Å². The lowest BCUT2D eigenvalue weighted by molar-refractivity contribution is 0.522. The van der Waals surface area contributed by atoms with Gasteiger partial charge in [-0.2, -0.15) is 4.37 Å². The van der Waals surface area contributed by atoms with E-state index in [-0.39, 0.29) is 0 Å². The minimum atomic E-state index is 0.508. The average molecular weight is 274 g/mol. The van der Waals surface area contributed by atoms with E-state index in [0.717, 1.165) is 22.7 Å². The Morgan fingerprint density at radius 3 is 2.74 bits per heavy atom. The summed E-state index contributed by atoms with van der Waals surface area (Å²) in [6.07, 6.45) is 7.46. The van der Waals surface area contributed by atoms with Crippen molar-refractivity contribution in [3.8, 4) is 11.1 Å². The van der Waals surface area contributed by atoms with Crippen LogP contribution in [0.2, 0.25) is 0 Å². The van der Waals surface area contributed by atoms with Crippen molar-refractivity contribution in [1.82, 2.24) is 9.36 Å². The summed E-state index contributed by atoms with van der Waals surface area (Å²) >= 11 is 1.44. The zero-order valence-corrected chi connectivity index (χ0v) is 11.8. The lowest BCUT2D eigenvalue weighted by Gasteiger charge is -2.14. The van der Waals surface area contributed by atoms with Gasteiger partial charge in [-0.25, -0.2) is 0 Å². The molecule has 2 aromatic heterocycles. The van der Waals surface area contributed by atoms with Gasteiger partial charge < -0.3 is 11.1 Å². The van der Waals surface area contributed by atoms with Crippen LogP contribution in [0.15, 0.2) is 24.5 Å². The van der Waals surface area contributed by atoms with Crippen molar-refractivity contribution in [2.45, 2.75) is 26.2 Å². The molecule has 0 radical (unpaired) electrons. The SMILES string of the molecule is CCC1(CNc2snc(N)c2-c2ccncc2)CC1. The van der Waals surface area contributed by atoms with E-state index in [2.05, 4.69) is 21.6 Å². The zero-order chi connectivity index (χ0) is 13.3. The summed E-state index contributed by atoms with van der Waals surface area (Å²) in [5.41, 5.74) is 8.60. The molecule has 3 rings (SSSR count). The minimum Gasteiger partial charge on any atom is -0.382 e. The van der Waals surface area contributed by atoms with Gasteiger partial charge >= 0.3 is 0 Å². The molecular formula is C14H18N4S. The summed E-state index contributed by atoms with van der Waals surface area (Å²) in [6.45, 7) is 3.28. The van der Waals surface area contributed by atoms with E-state index < -0.39 is 0 Å². The van der Waals surface area contributed by atoms with Crippen molar-refractivity contribution in [2.75, 3.05) is 17.6 Å². The Morgan fingerprint density at radius 2 is 2.11 bits per heavy atom. The third-order valence-corrected chi connectivity index (χ3v) is 4.84. The number of nitrogens with one attached hydrogen (secondary N) is 1. The predicted octanol–water partition coefficient (Wildman–Crippen LogP) is 3.39. The van der Waals surface area contributed by atoms with Gasteiger partial charge in [0.25, 0.3) is 0 Å². The molecule has 5 heteroatoms. The maximum atomic E-state index is 6.00. The van der Waals surface area contributed by atoms with Crippen LogP contribution in [0.5, 0.6) is 0 Å². The van der Waals surface area contributed by atoms with Crippen molar-refractivity contribution in [1.29, 1.82) is 0 Å². The van der Waals surface area contributed by atoms with Crippen LogP contribution in [0.4, 0.5) is 10.8 Å². The van der Waals surface area contributed by atoms with E-state index in [1.165, 1.54) is 30.8 Å². The minimum absolute atomic E-state index is 0.508. The molecule has 3 N–H and O–H groups in total. The number of hydrogen-bond donors (Lipinski definition) is 2. The second-order valence-corrected chi connectivity index (χ2v) is 5.99. The van der Waals surface area contributed by atoms with Crippen molar-refractivity contribution < 1.29 is 0 Å². The van der Waals surface area contributed by atoms with Gasteiger partial charge in [-0.1, -0.05) is 6.92 Å². The highest BCUT2D eigenvalue weighted by molar-refractivity contribution is 7.11. The van der Waals surface area contributed by atoms with Gasteiger partial charge in [0, 0.05) is 18.9 Å². The van der Waals surface area contributed by atoms with Gasteiger partial charge in [-0.05, 0) is 53.9 Å². The molecule has 19 heavy (non-hydrogen) atoms. The molecule has 4 nitrogen and oxygen atoms in total. The molecule has 0 amide bonds. The molecule has 0 aliphatic heterocycles. The third-order valence-electron chi connectivity index (χ3n) is 4.02. The molecular weight excluding hydrogens is 256 g/mol. The molecule has 0 bridgehead atoms. The van der Waals surface area contributed by atoms with Gasteiger partial charge in [-0.15, -0.1) is 0 Å². The van der Waals surface area contributed by atoms with Gasteiger partial charge in [0.2, 0.25) is 0 Å². The van der Waals surface area contributed by atoms with Crippen LogP contribution in [0.3, 0.4) is 0 Å². The van der Waals surface area contributed by atoms with Gasteiger partial charge in [0.05, 0.1) is 5.56 Å². The fourth-order valence-electron chi connectivity index (χ4n) is 2.32. The Labute approximate surface area is 117 Å².